The third-order valence-corrected chi connectivity index (χ3v) is 4.27. The van der Waals surface area contributed by atoms with E-state index >= 15 is 0 Å². The van der Waals surface area contributed by atoms with Crippen LogP contribution >= 0.6 is 0 Å². The molecule has 0 saturated carbocycles. The van der Waals surface area contributed by atoms with E-state index in [1.807, 2.05) is 18.2 Å². The summed E-state index contributed by atoms with van der Waals surface area (Å²) >= 11 is 0. The molecule has 3 heteroatoms. The van der Waals surface area contributed by atoms with Crippen molar-refractivity contribution in [1.29, 1.82) is 0 Å². The molecule has 1 unspecified atom stereocenters. The fraction of sp³-hybridized carbons (Fsp3) is 0.429. The van der Waals surface area contributed by atoms with Gasteiger partial charge in [0.1, 0.15) is 11.7 Å². The molecule has 2 aliphatic rings. The predicted molar refractivity (Wildman–Crippen MR) is 97.7 cm³/mol. The van der Waals surface area contributed by atoms with Crippen LogP contribution in [0.1, 0.15) is 39.5 Å². The summed E-state index contributed by atoms with van der Waals surface area (Å²) < 4.78 is 28.4. The largest absolute Gasteiger partial charge is 0.364 e. The smallest absolute Gasteiger partial charge is 0.131 e. The first-order valence-electron chi connectivity index (χ1n) is 8.85. The molecule has 1 atom stereocenters. The van der Waals surface area contributed by atoms with Crippen molar-refractivity contribution in [2.24, 2.45) is 5.92 Å². The lowest BCUT2D eigenvalue weighted by molar-refractivity contribution is 0.391. The summed E-state index contributed by atoms with van der Waals surface area (Å²) in [4.78, 5) is 2.15. The van der Waals surface area contributed by atoms with Crippen LogP contribution in [0, 0.1) is 5.92 Å². The van der Waals surface area contributed by atoms with E-state index in [1.54, 1.807) is 0 Å². The summed E-state index contributed by atoms with van der Waals surface area (Å²) in [6.07, 6.45) is 18.2. The van der Waals surface area contributed by atoms with E-state index in [-0.39, 0.29) is 18.2 Å². The molecule has 0 fully saturated rings. The summed E-state index contributed by atoms with van der Waals surface area (Å²) in [5.74, 6) is -0.941. The molecule has 0 aromatic carbocycles. The molecule has 24 heavy (non-hydrogen) atoms. The van der Waals surface area contributed by atoms with Gasteiger partial charge in [-0.3, -0.25) is 0 Å². The van der Waals surface area contributed by atoms with E-state index < -0.39 is 5.83 Å². The van der Waals surface area contributed by atoms with Crippen LogP contribution in [0.15, 0.2) is 71.5 Å². The minimum atomic E-state index is -0.431. The standard InChI is InChI=1S/C21H27F2N/c1-3-5-7-11-17-15-18(22)16-19(23)21(17)20-12-8-10-14-24(20)13-9-6-4-2/h5-10,12,16-17H,3-4,11,13-15H2,1-2H3. The molecule has 0 N–H and O–H groups in total. The van der Waals surface area contributed by atoms with Gasteiger partial charge >= 0.3 is 0 Å². The van der Waals surface area contributed by atoms with Crippen molar-refractivity contribution in [3.8, 4) is 0 Å². The Balaban J connectivity index is 2.29. The SMILES string of the molecule is CCC=CCC1CC(F)=CC(F)=C1C1=CC=CCN1CC=CCC. The highest BCUT2D eigenvalue weighted by molar-refractivity contribution is 5.45. The fourth-order valence-corrected chi connectivity index (χ4v) is 3.12. The Kier molecular flexibility index (Phi) is 7.23. The lowest BCUT2D eigenvalue weighted by Gasteiger charge is -2.33. The van der Waals surface area contributed by atoms with Crippen LogP contribution in [0.5, 0.6) is 0 Å². The molecule has 1 aliphatic heterocycles. The summed E-state index contributed by atoms with van der Waals surface area (Å²) in [6.45, 7) is 5.65. The molecule has 0 bridgehead atoms. The van der Waals surface area contributed by atoms with Crippen molar-refractivity contribution in [3.63, 3.8) is 0 Å². The summed E-state index contributed by atoms with van der Waals surface area (Å²) in [7, 11) is 0. The molecule has 0 radical (unpaired) electrons. The molecule has 0 aromatic rings. The van der Waals surface area contributed by atoms with Crippen molar-refractivity contribution in [1.82, 2.24) is 4.90 Å². The van der Waals surface area contributed by atoms with Gasteiger partial charge in [-0.1, -0.05) is 50.3 Å². The van der Waals surface area contributed by atoms with Crippen LogP contribution < -0.4 is 0 Å². The third kappa shape index (κ3) is 4.80. The quantitative estimate of drug-likeness (QED) is 0.505. The number of hydrogen-bond donors (Lipinski definition) is 0. The molecule has 0 saturated heterocycles. The highest BCUT2D eigenvalue weighted by Crippen LogP contribution is 2.39. The van der Waals surface area contributed by atoms with Crippen LogP contribution in [0.4, 0.5) is 8.78 Å². The Hall–Kier alpha value is -1.90. The molecule has 130 valence electrons. The van der Waals surface area contributed by atoms with Crippen LogP contribution in [0.2, 0.25) is 0 Å². The molecular weight excluding hydrogens is 304 g/mol. The highest BCUT2D eigenvalue weighted by Gasteiger charge is 2.29. The van der Waals surface area contributed by atoms with Crippen molar-refractivity contribution in [2.45, 2.75) is 39.5 Å². The maximum atomic E-state index is 14.6. The molecule has 1 nitrogen and oxygen atoms in total. The minimum absolute atomic E-state index is 0.145. The lowest BCUT2D eigenvalue weighted by Crippen LogP contribution is -2.29. The molecule has 1 aliphatic carbocycles. The van der Waals surface area contributed by atoms with Crippen molar-refractivity contribution >= 4 is 0 Å². The van der Waals surface area contributed by atoms with E-state index in [1.165, 1.54) is 0 Å². The van der Waals surface area contributed by atoms with Gasteiger partial charge in [-0.2, -0.15) is 0 Å². The number of allylic oxidation sites excluding steroid dienone is 9. The zero-order chi connectivity index (χ0) is 17.4. The van der Waals surface area contributed by atoms with Gasteiger partial charge in [0.05, 0.1) is 0 Å². The van der Waals surface area contributed by atoms with Crippen molar-refractivity contribution in [2.75, 3.05) is 13.1 Å². The summed E-state index contributed by atoms with van der Waals surface area (Å²) in [6, 6.07) is 0. The van der Waals surface area contributed by atoms with Gasteiger partial charge in [-0.05, 0) is 31.3 Å². The van der Waals surface area contributed by atoms with E-state index in [0.717, 1.165) is 37.7 Å². The van der Waals surface area contributed by atoms with Crippen molar-refractivity contribution < 1.29 is 8.78 Å². The normalized spacial score (nSPS) is 21.8. The van der Waals surface area contributed by atoms with Gasteiger partial charge < -0.3 is 4.90 Å². The maximum absolute atomic E-state index is 14.6. The number of hydrogen-bond acceptors (Lipinski definition) is 1. The van der Waals surface area contributed by atoms with Gasteiger partial charge in [-0.25, -0.2) is 8.78 Å². The monoisotopic (exact) mass is 331 g/mol. The Morgan fingerprint density at radius 1 is 1.12 bits per heavy atom. The number of halogens is 2. The topological polar surface area (TPSA) is 3.24 Å². The first-order chi connectivity index (χ1) is 11.7. The zero-order valence-electron chi connectivity index (χ0n) is 14.6. The lowest BCUT2D eigenvalue weighted by atomic mass is 9.84. The minimum Gasteiger partial charge on any atom is -0.364 e. The second-order valence-electron chi connectivity index (χ2n) is 6.13. The van der Waals surface area contributed by atoms with Gasteiger partial charge in [0.25, 0.3) is 0 Å². The molecular formula is C21H27F2N. The van der Waals surface area contributed by atoms with E-state index in [2.05, 4.69) is 43.1 Å². The van der Waals surface area contributed by atoms with Crippen LogP contribution in [-0.2, 0) is 0 Å². The zero-order valence-corrected chi connectivity index (χ0v) is 14.6. The molecule has 2 rings (SSSR count). The third-order valence-electron chi connectivity index (χ3n) is 4.27. The van der Waals surface area contributed by atoms with Crippen LogP contribution in [0.25, 0.3) is 0 Å². The summed E-state index contributed by atoms with van der Waals surface area (Å²) in [5.41, 5.74) is 1.53. The Bertz CT molecular complexity index is 605. The van der Waals surface area contributed by atoms with Gasteiger partial charge in [0, 0.05) is 36.9 Å². The second kappa shape index (κ2) is 9.41. The fourth-order valence-electron chi connectivity index (χ4n) is 3.12. The average molecular weight is 331 g/mol. The van der Waals surface area contributed by atoms with E-state index in [4.69, 9.17) is 0 Å². The molecule has 0 amide bonds. The van der Waals surface area contributed by atoms with Gasteiger partial charge in [-0.15, -0.1) is 0 Å². The van der Waals surface area contributed by atoms with Crippen molar-refractivity contribution in [3.05, 3.63) is 71.5 Å². The molecule has 0 spiro atoms. The average Bonchev–Trinajstić information content (AvgIpc) is 2.56. The van der Waals surface area contributed by atoms with Gasteiger partial charge in [0.2, 0.25) is 0 Å². The second-order valence-corrected chi connectivity index (χ2v) is 6.13. The first-order valence-corrected chi connectivity index (χ1v) is 8.85. The van der Waals surface area contributed by atoms with E-state index in [9.17, 15) is 8.78 Å². The number of rotatable bonds is 7. The molecule has 0 aromatic heterocycles. The predicted octanol–water partition coefficient (Wildman–Crippen LogP) is 6.16. The number of nitrogens with zero attached hydrogens (tertiary/aromatic N) is 1. The van der Waals surface area contributed by atoms with Crippen LogP contribution in [0.3, 0.4) is 0 Å². The summed E-state index contributed by atoms with van der Waals surface area (Å²) in [5, 5.41) is 0. The van der Waals surface area contributed by atoms with E-state index in [0.29, 0.717) is 12.0 Å². The Morgan fingerprint density at radius 2 is 1.88 bits per heavy atom. The Morgan fingerprint density at radius 3 is 2.62 bits per heavy atom. The first kappa shape index (κ1) is 18.4. The molecule has 1 heterocycles. The van der Waals surface area contributed by atoms with Gasteiger partial charge in [0.15, 0.2) is 0 Å². The Labute approximate surface area is 144 Å². The van der Waals surface area contributed by atoms with Crippen LogP contribution in [-0.4, -0.2) is 18.0 Å². The maximum Gasteiger partial charge on any atom is 0.131 e. The highest BCUT2D eigenvalue weighted by atomic mass is 19.1.